The van der Waals surface area contributed by atoms with Crippen molar-refractivity contribution in [1.29, 1.82) is 0 Å². The SMILES string of the molecule is COC1(CNS(=O)(=O)c2ccc(C(C)=O)cc2)C2CC3CC(C2)CC1C3. The van der Waals surface area contributed by atoms with E-state index in [4.69, 9.17) is 4.74 Å². The number of methoxy groups -OCH3 is 1. The van der Waals surface area contributed by atoms with Crippen LogP contribution in [-0.4, -0.2) is 33.5 Å². The predicted molar refractivity (Wildman–Crippen MR) is 98.4 cm³/mol. The number of hydrogen-bond acceptors (Lipinski definition) is 4. The molecule has 1 aromatic rings. The highest BCUT2D eigenvalue weighted by atomic mass is 32.2. The van der Waals surface area contributed by atoms with Crippen molar-refractivity contribution in [2.24, 2.45) is 23.7 Å². The Morgan fingerprint density at radius 1 is 1.08 bits per heavy atom. The average molecular weight is 378 g/mol. The van der Waals surface area contributed by atoms with Gasteiger partial charge in [-0.05, 0) is 74.8 Å². The van der Waals surface area contributed by atoms with Crippen molar-refractivity contribution in [3.05, 3.63) is 29.8 Å². The highest BCUT2D eigenvalue weighted by Gasteiger charge is 2.57. The fourth-order valence-electron chi connectivity index (χ4n) is 5.84. The highest BCUT2D eigenvalue weighted by Crippen LogP contribution is 2.59. The Bertz CT molecular complexity index is 772. The molecule has 0 aromatic heterocycles. The van der Waals surface area contributed by atoms with Gasteiger partial charge in [-0.1, -0.05) is 12.1 Å². The Kier molecular flexibility index (Phi) is 4.48. The highest BCUT2D eigenvalue weighted by molar-refractivity contribution is 7.89. The minimum atomic E-state index is -3.62. The van der Waals surface area contributed by atoms with Crippen LogP contribution in [0.3, 0.4) is 0 Å². The van der Waals surface area contributed by atoms with E-state index in [0.29, 0.717) is 23.9 Å². The lowest BCUT2D eigenvalue weighted by atomic mass is 9.50. The molecule has 5 rings (SSSR count). The van der Waals surface area contributed by atoms with E-state index < -0.39 is 10.0 Å². The van der Waals surface area contributed by atoms with Gasteiger partial charge < -0.3 is 4.74 Å². The largest absolute Gasteiger partial charge is 0.376 e. The summed E-state index contributed by atoms with van der Waals surface area (Å²) in [5.41, 5.74) is 0.137. The number of ketones is 1. The maximum Gasteiger partial charge on any atom is 0.240 e. The van der Waals surface area contributed by atoms with E-state index in [1.165, 1.54) is 25.5 Å². The van der Waals surface area contributed by atoms with E-state index in [9.17, 15) is 13.2 Å². The van der Waals surface area contributed by atoms with Crippen LogP contribution in [0, 0.1) is 23.7 Å². The third-order valence-electron chi connectivity index (χ3n) is 7.01. The van der Waals surface area contributed by atoms with E-state index in [0.717, 1.165) is 37.5 Å². The molecule has 0 saturated heterocycles. The second kappa shape index (κ2) is 6.43. The molecule has 0 atom stereocenters. The Balaban J connectivity index is 1.52. The van der Waals surface area contributed by atoms with Crippen molar-refractivity contribution in [2.45, 2.75) is 49.5 Å². The Morgan fingerprint density at radius 3 is 2.08 bits per heavy atom. The van der Waals surface area contributed by atoms with E-state index >= 15 is 0 Å². The molecule has 6 heteroatoms. The quantitative estimate of drug-likeness (QED) is 0.774. The second-order valence-corrected chi connectivity index (χ2v) is 10.1. The number of Topliss-reactive ketones (excluding diaryl/α,β-unsaturated/α-hetero) is 1. The van der Waals surface area contributed by atoms with Gasteiger partial charge in [-0.2, -0.15) is 0 Å². The fourth-order valence-corrected chi connectivity index (χ4v) is 6.91. The molecule has 4 aliphatic rings. The molecular formula is C20H27NO4S. The lowest BCUT2D eigenvalue weighted by Crippen LogP contribution is -2.63. The Hall–Kier alpha value is -1.24. The van der Waals surface area contributed by atoms with Crippen LogP contribution in [0.25, 0.3) is 0 Å². The number of hydrogen-bond donors (Lipinski definition) is 1. The van der Waals surface area contributed by atoms with Gasteiger partial charge in [0.25, 0.3) is 0 Å². The molecule has 142 valence electrons. The third-order valence-corrected chi connectivity index (χ3v) is 8.43. The summed E-state index contributed by atoms with van der Waals surface area (Å²) in [6.07, 6.45) is 6.00. The first-order valence-corrected chi connectivity index (χ1v) is 11.0. The molecule has 5 nitrogen and oxygen atoms in total. The topological polar surface area (TPSA) is 72.5 Å². The van der Waals surface area contributed by atoms with Crippen molar-refractivity contribution < 1.29 is 17.9 Å². The van der Waals surface area contributed by atoms with Gasteiger partial charge >= 0.3 is 0 Å². The van der Waals surface area contributed by atoms with Crippen LogP contribution < -0.4 is 4.72 Å². The molecule has 0 spiro atoms. The molecule has 1 aromatic carbocycles. The summed E-state index contributed by atoms with van der Waals surface area (Å²) in [5.74, 6) is 2.43. The molecule has 4 bridgehead atoms. The van der Waals surface area contributed by atoms with Crippen LogP contribution in [-0.2, 0) is 14.8 Å². The van der Waals surface area contributed by atoms with E-state index in [1.807, 2.05) is 0 Å². The average Bonchev–Trinajstić information content (AvgIpc) is 2.61. The summed E-state index contributed by atoms with van der Waals surface area (Å²) >= 11 is 0. The van der Waals surface area contributed by atoms with Gasteiger partial charge in [-0.25, -0.2) is 13.1 Å². The number of carbonyl (C=O) groups excluding carboxylic acids is 1. The van der Waals surface area contributed by atoms with Crippen LogP contribution in [0.2, 0.25) is 0 Å². The van der Waals surface area contributed by atoms with Gasteiger partial charge in [0.15, 0.2) is 5.78 Å². The summed E-state index contributed by atoms with van der Waals surface area (Å²) in [6, 6.07) is 6.11. The molecule has 26 heavy (non-hydrogen) atoms. The van der Waals surface area contributed by atoms with Crippen molar-refractivity contribution in [3.8, 4) is 0 Å². The number of benzene rings is 1. The van der Waals surface area contributed by atoms with Crippen molar-refractivity contribution >= 4 is 15.8 Å². The molecule has 0 radical (unpaired) electrons. The third kappa shape index (κ3) is 2.92. The second-order valence-electron chi connectivity index (χ2n) is 8.37. The summed E-state index contributed by atoms with van der Waals surface area (Å²) in [6.45, 7) is 1.80. The fraction of sp³-hybridized carbons (Fsp3) is 0.650. The molecule has 0 amide bonds. The van der Waals surface area contributed by atoms with E-state index in [2.05, 4.69) is 4.72 Å². The normalized spacial score (nSPS) is 35.6. The lowest BCUT2D eigenvalue weighted by Gasteiger charge is -2.60. The molecule has 0 unspecified atom stereocenters. The van der Waals surface area contributed by atoms with Gasteiger partial charge in [-0.3, -0.25) is 4.79 Å². The zero-order chi connectivity index (χ0) is 18.5. The minimum absolute atomic E-state index is 0.0751. The first kappa shape index (κ1) is 18.1. The zero-order valence-electron chi connectivity index (χ0n) is 15.4. The number of ether oxygens (including phenoxy) is 1. The van der Waals surface area contributed by atoms with Crippen LogP contribution >= 0.6 is 0 Å². The minimum Gasteiger partial charge on any atom is -0.376 e. The van der Waals surface area contributed by atoms with Crippen molar-refractivity contribution in [2.75, 3.05) is 13.7 Å². The van der Waals surface area contributed by atoms with Crippen LogP contribution in [0.5, 0.6) is 0 Å². The van der Waals surface area contributed by atoms with E-state index in [1.54, 1.807) is 19.2 Å². The maximum atomic E-state index is 12.8. The number of sulfonamides is 1. The van der Waals surface area contributed by atoms with Crippen LogP contribution in [0.15, 0.2) is 29.2 Å². The number of carbonyl (C=O) groups is 1. The molecular weight excluding hydrogens is 350 g/mol. The monoisotopic (exact) mass is 377 g/mol. The summed E-state index contributed by atoms with van der Waals surface area (Å²) in [5, 5.41) is 0. The summed E-state index contributed by atoms with van der Waals surface area (Å²) in [7, 11) is -1.89. The smallest absolute Gasteiger partial charge is 0.240 e. The standard InChI is InChI=1S/C20H27NO4S/c1-13(22)16-3-5-19(6-4-16)26(23,24)21-12-20(25-2)17-8-14-7-15(10-17)11-18(20)9-14/h3-6,14-15,17-18,21H,7-12H2,1-2H3. The molecule has 4 fully saturated rings. The molecule has 0 aliphatic heterocycles. The zero-order valence-corrected chi connectivity index (χ0v) is 16.2. The van der Waals surface area contributed by atoms with Gasteiger partial charge in [0.05, 0.1) is 10.5 Å². The summed E-state index contributed by atoms with van der Waals surface area (Å²) in [4.78, 5) is 11.6. The van der Waals surface area contributed by atoms with Crippen molar-refractivity contribution in [1.82, 2.24) is 4.72 Å². The van der Waals surface area contributed by atoms with Gasteiger partial charge in [0.2, 0.25) is 10.0 Å². The van der Waals surface area contributed by atoms with Gasteiger partial charge in [-0.15, -0.1) is 0 Å². The Morgan fingerprint density at radius 2 is 1.62 bits per heavy atom. The predicted octanol–water partition coefficient (Wildman–Crippen LogP) is 3.01. The van der Waals surface area contributed by atoms with E-state index in [-0.39, 0.29) is 16.3 Å². The van der Waals surface area contributed by atoms with Gasteiger partial charge in [0, 0.05) is 19.2 Å². The molecule has 4 saturated carbocycles. The maximum absolute atomic E-state index is 12.8. The number of nitrogens with one attached hydrogen (secondary N) is 1. The van der Waals surface area contributed by atoms with Crippen LogP contribution in [0.1, 0.15) is 49.4 Å². The molecule has 1 N–H and O–H groups in total. The van der Waals surface area contributed by atoms with Crippen molar-refractivity contribution in [3.63, 3.8) is 0 Å². The molecule has 4 aliphatic carbocycles. The number of rotatable bonds is 6. The Labute approximate surface area is 155 Å². The first-order valence-electron chi connectivity index (χ1n) is 9.50. The lowest BCUT2D eigenvalue weighted by molar-refractivity contribution is -0.185. The summed E-state index contributed by atoms with van der Waals surface area (Å²) < 4.78 is 34.3. The van der Waals surface area contributed by atoms with Crippen LogP contribution in [0.4, 0.5) is 0 Å². The molecule has 0 heterocycles. The first-order chi connectivity index (χ1) is 12.3. The van der Waals surface area contributed by atoms with Gasteiger partial charge in [0.1, 0.15) is 0 Å².